The number of rotatable bonds is 7. The van der Waals surface area contributed by atoms with Crippen LogP contribution in [0.3, 0.4) is 0 Å². The maximum atomic E-state index is 14.1. The molecule has 2 aliphatic heterocycles. The Balaban J connectivity index is 1.28. The number of morpholine rings is 1. The van der Waals surface area contributed by atoms with Crippen LogP contribution in [-0.4, -0.2) is 76.6 Å². The molecule has 1 amide bonds. The summed E-state index contributed by atoms with van der Waals surface area (Å²) in [6.07, 6.45) is 0.435. The van der Waals surface area contributed by atoms with Gasteiger partial charge in [0.15, 0.2) is 5.82 Å². The molecule has 1 aliphatic carbocycles. The van der Waals surface area contributed by atoms with E-state index in [2.05, 4.69) is 20.3 Å². The molecule has 1 N–H and O–H groups in total. The summed E-state index contributed by atoms with van der Waals surface area (Å²) in [5.74, 6) is 0.493. The summed E-state index contributed by atoms with van der Waals surface area (Å²) >= 11 is 0. The third kappa shape index (κ3) is 5.14. The molecule has 1 saturated carbocycles. The zero-order chi connectivity index (χ0) is 26.1. The van der Waals surface area contributed by atoms with Gasteiger partial charge in [-0.1, -0.05) is 12.1 Å². The number of aromatic nitrogens is 4. The van der Waals surface area contributed by atoms with Crippen LogP contribution in [0.15, 0.2) is 30.3 Å². The fraction of sp³-hybridized carbons (Fsp3) is 0.538. The fourth-order valence-electron chi connectivity index (χ4n) is 5.34. The first-order chi connectivity index (χ1) is 18.5. The number of benzene rings is 1. The van der Waals surface area contributed by atoms with E-state index in [0.29, 0.717) is 62.2 Å². The lowest BCUT2D eigenvalue weighted by molar-refractivity contribution is -0.130. The number of alkyl halides is 2. The van der Waals surface area contributed by atoms with E-state index >= 15 is 0 Å². The molecule has 0 bridgehead atoms. The fourth-order valence-corrected chi connectivity index (χ4v) is 5.34. The average molecular weight is 529 g/mol. The number of ether oxygens (including phenoxy) is 3. The smallest absolute Gasteiger partial charge is 0.296 e. The van der Waals surface area contributed by atoms with Gasteiger partial charge in [-0.2, -0.15) is 9.97 Å². The van der Waals surface area contributed by atoms with E-state index < -0.39 is 6.43 Å². The van der Waals surface area contributed by atoms with Crippen molar-refractivity contribution in [3.8, 4) is 11.7 Å². The molecule has 38 heavy (non-hydrogen) atoms. The maximum absolute atomic E-state index is 14.1. The lowest BCUT2D eigenvalue weighted by Gasteiger charge is -2.27. The van der Waals surface area contributed by atoms with E-state index in [1.165, 1.54) is 4.57 Å². The second-order valence-electron chi connectivity index (χ2n) is 9.82. The second kappa shape index (κ2) is 10.8. The zero-order valence-electron chi connectivity index (χ0n) is 20.9. The Kier molecular flexibility index (Phi) is 7.07. The molecule has 202 valence electrons. The molecule has 4 heterocycles. The van der Waals surface area contributed by atoms with Gasteiger partial charge < -0.3 is 24.4 Å². The first-order valence-electron chi connectivity index (χ1n) is 13.1. The van der Waals surface area contributed by atoms with Gasteiger partial charge in [0, 0.05) is 38.2 Å². The molecule has 0 radical (unpaired) electrons. The Labute approximate surface area is 218 Å². The molecule has 10 nitrogen and oxygen atoms in total. The van der Waals surface area contributed by atoms with Crippen molar-refractivity contribution >= 4 is 22.9 Å². The number of imidazole rings is 1. The van der Waals surface area contributed by atoms with Crippen LogP contribution >= 0.6 is 0 Å². The highest BCUT2D eigenvalue weighted by Gasteiger charge is 2.32. The molecule has 6 rings (SSSR count). The SMILES string of the molecule is O=C(NC1CCC(Oc2cc(-n3c(C(F)F)nc4ccccc43)nc(N3CCOCC3)n2)C1)[C@H]1CCCO1. The summed E-state index contributed by atoms with van der Waals surface area (Å²) in [6.45, 7) is 2.82. The number of carbonyl (C=O) groups is 1. The summed E-state index contributed by atoms with van der Waals surface area (Å²) in [6, 6.07) is 8.55. The van der Waals surface area contributed by atoms with Crippen LogP contribution in [0.2, 0.25) is 0 Å². The van der Waals surface area contributed by atoms with Gasteiger partial charge in [-0.25, -0.2) is 13.8 Å². The van der Waals surface area contributed by atoms with Crippen molar-refractivity contribution in [3.63, 3.8) is 0 Å². The summed E-state index contributed by atoms with van der Waals surface area (Å²) in [7, 11) is 0. The van der Waals surface area contributed by atoms with Crippen LogP contribution in [0, 0.1) is 0 Å². The van der Waals surface area contributed by atoms with Crippen LogP contribution in [0.1, 0.15) is 44.4 Å². The minimum absolute atomic E-state index is 0.0141. The predicted octanol–water partition coefficient (Wildman–Crippen LogP) is 3.18. The van der Waals surface area contributed by atoms with Gasteiger partial charge in [-0.15, -0.1) is 0 Å². The molecule has 2 saturated heterocycles. The number of nitrogens with zero attached hydrogens (tertiary/aromatic N) is 5. The predicted molar refractivity (Wildman–Crippen MR) is 134 cm³/mol. The number of hydrogen-bond acceptors (Lipinski definition) is 8. The highest BCUT2D eigenvalue weighted by atomic mass is 19.3. The van der Waals surface area contributed by atoms with E-state index in [-0.39, 0.29) is 35.8 Å². The van der Waals surface area contributed by atoms with Gasteiger partial charge in [0.25, 0.3) is 6.43 Å². The van der Waals surface area contributed by atoms with Crippen LogP contribution in [0.25, 0.3) is 16.9 Å². The van der Waals surface area contributed by atoms with Crippen molar-refractivity contribution in [2.24, 2.45) is 0 Å². The number of fused-ring (bicyclic) bond motifs is 1. The van der Waals surface area contributed by atoms with Crippen molar-refractivity contribution in [1.82, 2.24) is 24.8 Å². The molecule has 3 aliphatic rings. The normalized spacial score (nSPS) is 23.9. The number of nitrogens with one attached hydrogen (secondary N) is 1. The van der Waals surface area contributed by atoms with Crippen molar-refractivity contribution in [1.29, 1.82) is 0 Å². The van der Waals surface area contributed by atoms with Gasteiger partial charge in [0.05, 0.1) is 24.2 Å². The second-order valence-corrected chi connectivity index (χ2v) is 9.82. The van der Waals surface area contributed by atoms with Crippen LogP contribution in [0.5, 0.6) is 5.88 Å². The Morgan fingerprint density at radius 3 is 2.71 bits per heavy atom. The van der Waals surface area contributed by atoms with Crippen molar-refractivity contribution in [2.75, 3.05) is 37.8 Å². The Hall–Kier alpha value is -3.38. The van der Waals surface area contributed by atoms with Crippen LogP contribution in [0.4, 0.5) is 14.7 Å². The molecule has 1 aromatic carbocycles. The summed E-state index contributed by atoms with van der Waals surface area (Å²) in [4.78, 5) is 27.9. The minimum atomic E-state index is -2.79. The van der Waals surface area contributed by atoms with E-state index in [9.17, 15) is 13.6 Å². The van der Waals surface area contributed by atoms with Crippen molar-refractivity contribution < 1.29 is 27.8 Å². The van der Waals surface area contributed by atoms with Gasteiger partial charge in [-0.05, 0) is 37.8 Å². The van der Waals surface area contributed by atoms with Gasteiger partial charge in [0.1, 0.15) is 18.0 Å². The zero-order valence-corrected chi connectivity index (χ0v) is 20.9. The van der Waals surface area contributed by atoms with Crippen molar-refractivity contribution in [2.45, 2.75) is 56.8 Å². The van der Waals surface area contributed by atoms with Gasteiger partial charge in [-0.3, -0.25) is 9.36 Å². The molecule has 2 unspecified atom stereocenters. The maximum Gasteiger partial charge on any atom is 0.296 e. The Morgan fingerprint density at radius 1 is 1.08 bits per heavy atom. The minimum Gasteiger partial charge on any atom is -0.474 e. The number of anilines is 1. The molecule has 0 spiro atoms. The quantitative estimate of drug-likeness (QED) is 0.499. The van der Waals surface area contributed by atoms with Crippen LogP contribution < -0.4 is 15.0 Å². The molecule has 12 heteroatoms. The van der Waals surface area contributed by atoms with Crippen molar-refractivity contribution in [3.05, 3.63) is 36.2 Å². The molecule has 3 aromatic rings. The molecule has 3 atom stereocenters. The first kappa shape index (κ1) is 24.9. The largest absolute Gasteiger partial charge is 0.474 e. The molecule has 2 aromatic heterocycles. The number of hydrogen-bond donors (Lipinski definition) is 1. The monoisotopic (exact) mass is 528 g/mol. The lowest BCUT2D eigenvalue weighted by atomic mass is 10.2. The highest BCUT2D eigenvalue weighted by Crippen LogP contribution is 2.31. The highest BCUT2D eigenvalue weighted by molar-refractivity contribution is 5.81. The van der Waals surface area contributed by atoms with E-state index in [1.54, 1.807) is 30.3 Å². The van der Waals surface area contributed by atoms with E-state index in [1.807, 2.05) is 4.90 Å². The van der Waals surface area contributed by atoms with E-state index in [4.69, 9.17) is 14.2 Å². The summed E-state index contributed by atoms with van der Waals surface area (Å²) in [5, 5.41) is 3.08. The number of para-hydroxylation sites is 2. The summed E-state index contributed by atoms with van der Waals surface area (Å²) < 4.78 is 46.7. The molecular weight excluding hydrogens is 498 g/mol. The number of halogens is 2. The Bertz CT molecular complexity index is 1290. The van der Waals surface area contributed by atoms with Crippen LogP contribution in [-0.2, 0) is 14.3 Å². The molecule has 3 fully saturated rings. The standard InChI is InChI=1S/C26H30F2N6O4/c27-23(28)24-30-18-4-1-2-5-19(18)34(24)21-15-22(32-26(31-21)33-9-12-36-13-10-33)38-17-8-7-16(14-17)29-25(35)20-6-3-11-37-20/h1-2,4-5,15-17,20,23H,3,6-14H2,(H,29,35)/t16?,17?,20-/m1/s1. The molecular formula is C26H30F2N6O4. The van der Waals surface area contributed by atoms with Gasteiger partial charge >= 0.3 is 0 Å². The Morgan fingerprint density at radius 2 is 1.92 bits per heavy atom. The van der Waals surface area contributed by atoms with Gasteiger partial charge in [0.2, 0.25) is 17.7 Å². The summed E-state index contributed by atoms with van der Waals surface area (Å²) in [5.41, 5.74) is 0.982. The lowest BCUT2D eigenvalue weighted by Crippen LogP contribution is -2.40. The average Bonchev–Trinajstić information content (AvgIpc) is 3.69. The topological polar surface area (TPSA) is 104 Å². The first-order valence-corrected chi connectivity index (χ1v) is 13.1. The third-order valence-electron chi connectivity index (χ3n) is 7.22. The third-order valence-corrected chi connectivity index (χ3v) is 7.22. The number of amides is 1. The number of carbonyl (C=O) groups excluding carboxylic acids is 1. The van der Waals surface area contributed by atoms with E-state index in [0.717, 1.165) is 25.7 Å².